The van der Waals surface area contributed by atoms with E-state index in [4.69, 9.17) is 0 Å². The Morgan fingerprint density at radius 2 is 1.73 bits per heavy atom. The summed E-state index contributed by atoms with van der Waals surface area (Å²) in [7, 11) is 0. The predicted molar refractivity (Wildman–Crippen MR) is 54.9 cm³/mol. The van der Waals surface area contributed by atoms with Crippen LogP contribution in [0.4, 0.5) is 12.9 Å². The van der Waals surface area contributed by atoms with E-state index < -0.39 is 18.7 Å². The molecule has 5 heteroatoms. The zero-order chi connectivity index (χ0) is 10.9. The minimum Gasteiger partial charge on any atom is -0.449 e. The van der Waals surface area contributed by atoms with Crippen molar-refractivity contribution in [1.29, 1.82) is 0 Å². The Morgan fingerprint density at radius 1 is 1.07 bits per heavy atom. The van der Waals surface area contributed by atoms with Gasteiger partial charge < -0.3 is 18.3 Å². The summed E-state index contributed by atoms with van der Waals surface area (Å²) in [5.74, 6) is -1.60. The molecule has 1 aliphatic heterocycles. The molecule has 0 saturated carbocycles. The fourth-order valence-electron chi connectivity index (χ4n) is 2.16. The first kappa shape index (κ1) is 10.5. The molecule has 15 heavy (non-hydrogen) atoms. The van der Waals surface area contributed by atoms with E-state index >= 15 is 0 Å². The lowest BCUT2D eigenvalue weighted by molar-refractivity contribution is 0.428. The summed E-state index contributed by atoms with van der Waals surface area (Å²) in [6, 6.07) is 8.93. The second kappa shape index (κ2) is 3.89. The summed E-state index contributed by atoms with van der Waals surface area (Å²) >= 11 is 0. The molecule has 0 amide bonds. The van der Waals surface area contributed by atoms with Crippen LogP contribution in [0.3, 0.4) is 0 Å². The van der Waals surface area contributed by atoms with Crippen molar-refractivity contribution in [1.82, 2.24) is 5.32 Å². The molecule has 0 spiro atoms. The maximum Gasteiger partial charge on any atom is 0.483 e. The van der Waals surface area contributed by atoms with E-state index in [2.05, 4.69) is 5.32 Å². The van der Waals surface area contributed by atoms with Gasteiger partial charge in [-0.3, -0.25) is 0 Å². The average Bonchev–Trinajstić information content (AvgIpc) is 2.67. The molecule has 1 nitrogen and oxygen atoms in total. The monoisotopic (exact) mass is 214 g/mol. The molecule has 82 valence electrons. The van der Waals surface area contributed by atoms with Crippen LogP contribution in [-0.4, -0.2) is 20.1 Å². The van der Waals surface area contributed by atoms with E-state index in [0.717, 1.165) is 5.56 Å². The molecule has 2 atom stereocenters. The van der Waals surface area contributed by atoms with Crippen LogP contribution >= 0.6 is 0 Å². The topological polar surface area (TPSA) is 12.0 Å². The Hall–Kier alpha value is -0.965. The van der Waals surface area contributed by atoms with Gasteiger partial charge in [0, 0.05) is 0 Å². The molecule has 1 aromatic rings. The molecule has 1 heterocycles. The first-order chi connectivity index (χ1) is 7.09. The Balaban J connectivity index is 2.23. The third kappa shape index (κ3) is 2.17. The standard InChI is InChI=1S/C10H12BF3N/c12-11(13,14)10-7-15-6-9(10)8-4-2-1-3-5-8/h1-5,9-10,15H,6-7H2/q-1/t9-,10+/m0/s1. The molecule has 0 radical (unpaired) electrons. The van der Waals surface area contributed by atoms with Crippen molar-refractivity contribution in [2.24, 2.45) is 0 Å². The van der Waals surface area contributed by atoms with Crippen molar-refractivity contribution in [3.8, 4) is 0 Å². The molecular weight excluding hydrogens is 202 g/mol. The minimum absolute atomic E-state index is 0.0586. The van der Waals surface area contributed by atoms with Crippen LogP contribution in [-0.2, 0) is 0 Å². The molecule has 1 aliphatic rings. The van der Waals surface area contributed by atoms with Crippen LogP contribution in [0.15, 0.2) is 30.3 Å². The number of hydrogen-bond acceptors (Lipinski definition) is 1. The van der Waals surface area contributed by atoms with Gasteiger partial charge in [0.15, 0.2) is 0 Å². The number of rotatable bonds is 2. The maximum atomic E-state index is 12.7. The lowest BCUT2D eigenvalue weighted by Gasteiger charge is -2.27. The van der Waals surface area contributed by atoms with Crippen LogP contribution in [0.5, 0.6) is 0 Å². The van der Waals surface area contributed by atoms with E-state index in [1.54, 1.807) is 24.3 Å². The normalized spacial score (nSPS) is 26.9. The molecule has 0 aliphatic carbocycles. The SMILES string of the molecule is F[B-](F)(F)[C@@H]1CNC[C@H]1c1ccccc1. The van der Waals surface area contributed by atoms with E-state index in [-0.39, 0.29) is 6.54 Å². The number of hydrogen-bond donors (Lipinski definition) is 1. The van der Waals surface area contributed by atoms with Gasteiger partial charge in [-0.15, -0.1) is 0 Å². The Morgan fingerprint density at radius 3 is 2.33 bits per heavy atom. The minimum atomic E-state index is -4.75. The van der Waals surface area contributed by atoms with E-state index in [1.807, 2.05) is 6.07 Å². The summed E-state index contributed by atoms with van der Waals surface area (Å²) in [5.41, 5.74) is 0.784. The Kier molecular flexibility index (Phi) is 2.73. The summed E-state index contributed by atoms with van der Waals surface area (Å²) < 4.78 is 38.2. The summed E-state index contributed by atoms with van der Waals surface area (Å²) in [6.45, 7) is -4.26. The number of nitrogens with one attached hydrogen (secondary N) is 1. The lowest BCUT2D eigenvalue weighted by atomic mass is 9.65. The highest BCUT2D eigenvalue weighted by atomic mass is 19.4. The van der Waals surface area contributed by atoms with Gasteiger partial charge >= 0.3 is 6.98 Å². The molecular formula is C10H12BF3N-. The largest absolute Gasteiger partial charge is 0.483 e. The molecule has 0 aromatic heterocycles. The highest BCUT2D eigenvalue weighted by Gasteiger charge is 2.42. The zero-order valence-corrected chi connectivity index (χ0v) is 8.17. The van der Waals surface area contributed by atoms with Crippen molar-refractivity contribution in [2.45, 2.75) is 11.7 Å². The van der Waals surface area contributed by atoms with Crippen LogP contribution in [0.2, 0.25) is 5.82 Å². The predicted octanol–water partition coefficient (Wildman–Crippen LogP) is 2.59. The van der Waals surface area contributed by atoms with E-state index in [1.165, 1.54) is 0 Å². The quantitative estimate of drug-likeness (QED) is 0.746. The first-order valence-corrected chi connectivity index (χ1v) is 5.04. The highest BCUT2D eigenvalue weighted by Crippen LogP contribution is 2.41. The lowest BCUT2D eigenvalue weighted by Crippen LogP contribution is -2.29. The first-order valence-electron chi connectivity index (χ1n) is 5.04. The maximum absolute atomic E-state index is 12.7. The van der Waals surface area contributed by atoms with E-state index in [9.17, 15) is 12.9 Å². The molecule has 0 bridgehead atoms. The Labute approximate surface area is 86.7 Å². The summed E-state index contributed by atoms with van der Waals surface area (Å²) in [5, 5.41) is 2.82. The van der Waals surface area contributed by atoms with Crippen molar-refractivity contribution in [3.05, 3.63) is 35.9 Å². The van der Waals surface area contributed by atoms with Gasteiger partial charge in [-0.1, -0.05) is 36.1 Å². The summed E-state index contributed by atoms with van der Waals surface area (Å²) in [6.07, 6.45) is 0. The van der Waals surface area contributed by atoms with Crippen LogP contribution < -0.4 is 5.32 Å². The second-order valence-corrected chi connectivity index (χ2v) is 3.96. The van der Waals surface area contributed by atoms with Crippen molar-refractivity contribution >= 4 is 6.98 Å². The van der Waals surface area contributed by atoms with Crippen molar-refractivity contribution in [2.75, 3.05) is 13.1 Å². The van der Waals surface area contributed by atoms with Crippen LogP contribution in [0, 0.1) is 0 Å². The van der Waals surface area contributed by atoms with Gasteiger partial charge in [0.25, 0.3) is 0 Å². The third-order valence-electron chi connectivity index (χ3n) is 2.97. The summed E-state index contributed by atoms with van der Waals surface area (Å²) in [4.78, 5) is 0. The molecule has 0 unspecified atom stereocenters. The van der Waals surface area contributed by atoms with Gasteiger partial charge in [0.05, 0.1) is 0 Å². The smallest absolute Gasteiger partial charge is 0.449 e. The molecule has 2 rings (SSSR count). The van der Waals surface area contributed by atoms with Gasteiger partial charge in [-0.05, 0) is 24.6 Å². The Bertz CT molecular complexity index is 325. The fourth-order valence-corrected chi connectivity index (χ4v) is 2.16. The fraction of sp³-hybridized carbons (Fsp3) is 0.400. The van der Waals surface area contributed by atoms with Gasteiger partial charge in [-0.2, -0.15) is 0 Å². The molecule has 1 saturated heterocycles. The zero-order valence-electron chi connectivity index (χ0n) is 8.17. The van der Waals surface area contributed by atoms with Gasteiger partial charge in [0.1, 0.15) is 0 Å². The highest BCUT2D eigenvalue weighted by molar-refractivity contribution is 6.60. The van der Waals surface area contributed by atoms with Crippen LogP contribution in [0.1, 0.15) is 11.5 Å². The van der Waals surface area contributed by atoms with Gasteiger partial charge in [-0.25, -0.2) is 0 Å². The number of halogens is 3. The third-order valence-corrected chi connectivity index (χ3v) is 2.97. The van der Waals surface area contributed by atoms with E-state index in [0.29, 0.717) is 6.54 Å². The van der Waals surface area contributed by atoms with Crippen molar-refractivity contribution < 1.29 is 12.9 Å². The molecule has 1 N–H and O–H groups in total. The van der Waals surface area contributed by atoms with Gasteiger partial charge in [0.2, 0.25) is 0 Å². The second-order valence-electron chi connectivity index (χ2n) is 3.96. The van der Waals surface area contributed by atoms with Crippen molar-refractivity contribution in [3.63, 3.8) is 0 Å². The molecule has 1 aromatic carbocycles. The average molecular weight is 214 g/mol. The molecule has 1 fully saturated rings. The number of benzene rings is 1. The van der Waals surface area contributed by atoms with Crippen LogP contribution in [0.25, 0.3) is 0 Å².